The summed E-state index contributed by atoms with van der Waals surface area (Å²) in [6.07, 6.45) is 2.58. The van der Waals surface area contributed by atoms with Crippen molar-refractivity contribution in [2.75, 3.05) is 13.2 Å². The number of hydrogen-bond acceptors (Lipinski definition) is 3. The molecule has 0 unspecified atom stereocenters. The number of amides is 2. The molecule has 0 bridgehead atoms. The van der Waals surface area contributed by atoms with Gasteiger partial charge in [0.1, 0.15) is 6.04 Å². The zero-order valence-corrected chi connectivity index (χ0v) is 16.6. The fraction of sp³-hybridized carbons (Fsp3) is 0.333. The topological polar surface area (TPSA) is 74.4 Å². The number of aromatic amines is 1. The molecule has 6 heteroatoms. The predicted octanol–water partition coefficient (Wildman–Crippen LogP) is 2.93. The summed E-state index contributed by atoms with van der Waals surface area (Å²) in [5.74, 6) is -0.176. The molecule has 3 aliphatic rings. The van der Waals surface area contributed by atoms with Gasteiger partial charge in [0.25, 0.3) is 5.91 Å². The van der Waals surface area contributed by atoms with E-state index in [1.165, 1.54) is 0 Å². The summed E-state index contributed by atoms with van der Waals surface area (Å²) in [5, 5.41) is 4.18. The van der Waals surface area contributed by atoms with E-state index in [1.54, 1.807) is 4.90 Å². The summed E-state index contributed by atoms with van der Waals surface area (Å²) >= 11 is 0. The molecule has 6 nitrogen and oxygen atoms in total. The summed E-state index contributed by atoms with van der Waals surface area (Å²) in [4.78, 5) is 31.9. The lowest BCUT2D eigenvalue weighted by Crippen LogP contribution is -2.53. The number of para-hydroxylation sites is 1. The van der Waals surface area contributed by atoms with Gasteiger partial charge in [0.2, 0.25) is 5.91 Å². The predicted molar refractivity (Wildman–Crippen MR) is 112 cm³/mol. The highest BCUT2D eigenvalue weighted by molar-refractivity contribution is 6.03. The molecule has 6 rings (SSSR count). The maximum atomic E-state index is 13.3. The lowest BCUT2D eigenvalue weighted by atomic mass is 9.90. The smallest absolute Gasteiger partial charge is 0.255 e. The molecule has 1 fully saturated rings. The Morgan fingerprint density at radius 1 is 1.17 bits per heavy atom. The fourth-order valence-electron chi connectivity index (χ4n) is 5.27. The second-order valence-corrected chi connectivity index (χ2v) is 8.37. The van der Waals surface area contributed by atoms with Gasteiger partial charge in [-0.1, -0.05) is 36.4 Å². The van der Waals surface area contributed by atoms with Gasteiger partial charge in [-0.3, -0.25) is 9.59 Å². The van der Waals surface area contributed by atoms with E-state index in [1.807, 2.05) is 42.5 Å². The number of H-pyrrole nitrogens is 1. The Kier molecular flexibility index (Phi) is 3.96. The van der Waals surface area contributed by atoms with E-state index < -0.39 is 6.04 Å². The maximum absolute atomic E-state index is 13.3. The van der Waals surface area contributed by atoms with Crippen molar-refractivity contribution in [2.24, 2.45) is 0 Å². The Bertz CT molecular complexity index is 1160. The van der Waals surface area contributed by atoms with Crippen molar-refractivity contribution in [1.82, 2.24) is 15.2 Å². The molecule has 2 aromatic carbocycles. The van der Waals surface area contributed by atoms with Crippen molar-refractivity contribution in [3.8, 4) is 0 Å². The van der Waals surface area contributed by atoms with Crippen molar-refractivity contribution < 1.29 is 14.3 Å². The molecule has 0 saturated carbocycles. The Labute approximate surface area is 174 Å². The normalized spacial score (nSPS) is 24.6. The van der Waals surface area contributed by atoms with Crippen LogP contribution < -0.4 is 5.32 Å². The summed E-state index contributed by atoms with van der Waals surface area (Å²) in [6, 6.07) is 15.1. The monoisotopic (exact) mass is 401 g/mol. The summed E-state index contributed by atoms with van der Waals surface area (Å²) in [5.41, 5.74) is 4.85. The van der Waals surface area contributed by atoms with E-state index in [-0.39, 0.29) is 24.0 Å². The third kappa shape index (κ3) is 2.53. The summed E-state index contributed by atoms with van der Waals surface area (Å²) < 4.78 is 5.65. The van der Waals surface area contributed by atoms with Crippen LogP contribution in [0.3, 0.4) is 0 Å². The molecule has 1 aromatic heterocycles. The molecule has 0 spiro atoms. The van der Waals surface area contributed by atoms with Gasteiger partial charge in [-0.15, -0.1) is 0 Å². The number of ether oxygens (including phenoxy) is 1. The average molecular weight is 401 g/mol. The quantitative estimate of drug-likeness (QED) is 0.709. The zero-order valence-electron chi connectivity index (χ0n) is 16.6. The SMILES string of the molecule is O=C(NC[C@@H]1CCCO1)[C@@H]1Cc2c([nH]c3ccccc23)[C@H]2c3ccccc3C(=O)N21. The molecule has 1 saturated heterocycles. The van der Waals surface area contributed by atoms with Gasteiger partial charge in [0.05, 0.1) is 12.1 Å². The van der Waals surface area contributed by atoms with E-state index in [2.05, 4.69) is 16.4 Å². The van der Waals surface area contributed by atoms with Crippen molar-refractivity contribution in [3.05, 3.63) is 70.9 Å². The molecule has 3 aliphatic heterocycles. The largest absolute Gasteiger partial charge is 0.376 e. The Morgan fingerprint density at radius 3 is 2.87 bits per heavy atom. The van der Waals surface area contributed by atoms with Crippen LogP contribution in [0.5, 0.6) is 0 Å². The Morgan fingerprint density at radius 2 is 2.00 bits per heavy atom. The standard InChI is InChI=1S/C24H23N3O3/c28-23(25-13-14-6-5-11-30-14)20-12-18-15-7-3-4-10-19(15)26-21(18)22-16-8-1-2-9-17(16)24(29)27(20)22/h1-4,7-10,14,20,22,26H,5-6,11-13H2,(H,25,28)/t14-,20-,22+/m0/s1. The van der Waals surface area contributed by atoms with Gasteiger partial charge in [-0.05, 0) is 36.1 Å². The third-order valence-electron chi connectivity index (χ3n) is 6.68. The van der Waals surface area contributed by atoms with Gasteiger partial charge in [-0.2, -0.15) is 0 Å². The molecule has 30 heavy (non-hydrogen) atoms. The number of nitrogens with zero attached hydrogens (tertiary/aromatic N) is 1. The minimum absolute atomic E-state index is 0.0721. The number of benzene rings is 2. The van der Waals surface area contributed by atoms with Gasteiger partial charge >= 0.3 is 0 Å². The number of fused-ring (bicyclic) bond motifs is 7. The molecular formula is C24H23N3O3. The van der Waals surface area contributed by atoms with Crippen molar-refractivity contribution >= 4 is 22.7 Å². The van der Waals surface area contributed by atoms with E-state index in [4.69, 9.17) is 4.74 Å². The van der Waals surface area contributed by atoms with Gasteiger partial charge < -0.3 is 19.9 Å². The third-order valence-corrected chi connectivity index (χ3v) is 6.68. The van der Waals surface area contributed by atoms with Crippen LogP contribution >= 0.6 is 0 Å². The van der Waals surface area contributed by atoms with Crippen LogP contribution in [0.25, 0.3) is 10.9 Å². The highest BCUT2D eigenvalue weighted by atomic mass is 16.5. The van der Waals surface area contributed by atoms with Crippen LogP contribution in [-0.4, -0.2) is 47.0 Å². The second kappa shape index (κ2) is 6.71. The average Bonchev–Trinajstić information content (AvgIpc) is 3.49. The highest BCUT2D eigenvalue weighted by Crippen LogP contribution is 2.46. The number of aromatic nitrogens is 1. The first-order valence-electron chi connectivity index (χ1n) is 10.6. The number of carbonyl (C=O) groups is 2. The number of carbonyl (C=O) groups excluding carboxylic acids is 2. The van der Waals surface area contributed by atoms with E-state index in [9.17, 15) is 9.59 Å². The van der Waals surface area contributed by atoms with E-state index in [0.717, 1.165) is 47.2 Å². The molecule has 2 N–H and O–H groups in total. The first-order chi connectivity index (χ1) is 14.7. The molecule has 2 amide bonds. The van der Waals surface area contributed by atoms with Crippen molar-refractivity contribution in [3.63, 3.8) is 0 Å². The van der Waals surface area contributed by atoms with Crippen LogP contribution in [0.15, 0.2) is 48.5 Å². The molecule has 3 aromatic rings. The van der Waals surface area contributed by atoms with Gasteiger partial charge in [-0.25, -0.2) is 0 Å². The molecule has 0 aliphatic carbocycles. The van der Waals surface area contributed by atoms with Gasteiger partial charge in [0.15, 0.2) is 0 Å². The van der Waals surface area contributed by atoms with E-state index in [0.29, 0.717) is 18.5 Å². The van der Waals surface area contributed by atoms with Crippen LogP contribution in [0, 0.1) is 0 Å². The van der Waals surface area contributed by atoms with Crippen molar-refractivity contribution in [2.45, 2.75) is 37.5 Å². The lowest BCUT2D eigenvalue weighted by molar-refractivity contribution is -0.126. The first kappa shape index (κ1) is 17.7. The van der Waals surface area contributed by atoms with Crippen molar-refractivity contribution in [1.29, 1.82) is 0 Å². The number of hydrogen-bond donors (Lipinski definition) is 2. The van der Waals surface area contributed by atoms with Crippen LogP contribution in [0.1, 0.15) is 46.1 Å². The minimum Gasteiger partial charge on any atom is -0.376 e. The summed E-state index contributed by atoms with van der Waals surface area (Å²) in [6.45, 7) is 1.25. The Hall–Kier alpha value is -3.12. The number of rotatable bonds is 3. The number of nitrogens with one attached hydrogen (secondary N) is 2. The highest BCUT2D eigenvalue weighted by Gasteiger charge is 2.48. The maximum Gasteiger partial charge on any atom is 0.255 e. The van der Waals surface area contributed by atoms with Crippen LogP contribution in [-0.2, 0) is 16.0 Å². The second-order valence-electron chi connectivity index (χ2n) is 8.37. The Balaban J connectivity index is 1.43. The fourth-order valence-corrected chi connectivity index (χ4v) is 5.27. The molecule has 3 atom stereocenters. The molecule has 4 heterocycles. The molecule has 152 valence electrons. The van der Waals surface area contributed by atoms with Gasteiger partial charge in [0, 0.05) is 41.7 Å². The summed E-state index contributed by atoms with van der Waals surface area (Å²) in [7, 11) is 0. The first-order valence-corrected chi connectivity index (χ1v) is 10.6. The molecular weight excluding hydrogens is 378 g/mol. The zero-order chi connectivity index (χ0) is 20.2. The molecule has 0 radical (unpaired) electrons. The van der Waals surface area contributed by atoms with Crippen LogP contribution in [0.2, 0.25) is 0 Å². The van der Waals surface area contributed by atoms with E-state index >= 15 is 0 Å². The lowest BCUT2D eigenvalue weighted by Gasteiger charge is -2.37. The minimum atomic E-state index is -0.539. The van der Waals surface area contributed by atoms with Crippen LogP contribution in [0.4, 0.5) is 0 Å².